The van der Waals surface area contributed by atoms with Gasteiger partial charge in [0.2, 0.25) is 10.0 Å². The van der Waals surface area contributed by atoms with Crippen LogP contribution < -0.4 is 9.86 Å². The molecule has 3 rings (SSSR count). The van der Waals surface area contributed by atoms with Gasteiger partial charge in [-0.05, 0) is 43.3 Å². The number of furan rings is 1. The van der Waals surface area contributed by atoms with Crippen LogP contribution in [0.1, 0.15) is 27.8 Å². The van der Waals surface area contributed by atoms with Gasteiger partial charge < -0.3 is 9.15 Å². The lowest BCUT2D eigenvalue weighted by Gasteiger charge is -2.09. The lowest BCUT2D eigenvalue weighted by atomic mass is 10.1. The van der Waals surface area contributed by atoms with E-state index < -0.39 is 41.7 Å². The number of carbonyl (C=O) groups is 2. The van der Waals surface area contributed by atoms with Crippen LogP contribution in [-0.4, -0.2) is 35.3 Å². The van der Waals surface area contributed by atoms with E-state index in [9.17, 15) is 26.4 Å². The van der Waals surface area contributed by atoms with Crippen molar-refractivity contribution >= 4 is 31.9 Å². The highest BCUT2D eigenvalue weighted by Gasteiger charge is 2.27. The first-order valence-corrected chi connectivity index (χ1v) is 12.1. The quantitative estimate of drug-likeness (QED) is 0.486. The van der Waals surface area contributed by atoms with Crippen molar-refractivity contribution in [1.29, 1.82) is 0 Å². The van der Waals surface area contributed by atoms with E-state index in [1.165, 1.54) is 36.4 Å². The number of hydrogen-bond acceptors (Lipinski definition) is 8. The molecule has 0 aliphatic heterocycles. The van der Waals surface area contributed by atoms with Crippen LogP contribution in [0.2, 0.25) is 0 Å². The molecule has 1 aromatic heterocycles. The zero-order valence-corrected chi connectivity index (χ0v) is 18.3. The smallest absolute Gasteiger partial charge is 0.338 e. The topological polar surface area (TPSA) is 163 Å². The zero-order valence-electron chi connectivity index (χ0n) is 16.6. The number of primary sulfonamides is 1. The Kier molecular flexibility index (Phi) is 6.48. The van der Waals surface area contributed by atoms with E-state index in [0.717, 1.165) is 12.1 Å². The standard InChI is InChI=1S/C20H18N2O8S2/c1-2-29-20(24)14-9-7-13(8-10-14)15-11-12-16(30-15)19(23)22-32(27,28)18-6-4-3-5-17(18)31(21,25)26/h3-12H,2H2,1H3,(H,22,23)(H2,21,25,26). The Hall–Kier alpha value is -3.48. The summed E-state index contributed by atoms with van der Waals surface area (Å²) in [6.07, 6.45) is 0. The summed E-state index contributed by atoms with van der Waals surface area (Å²) in [6, 6.07) is 13.5. The normalized spacial score (nSPS) is 11.7. The summed E-state index contributed by atoms with van der Waals surface area (Å²) >= 11 is 0. The maximum Gasteiger partial charge on any atom is 0.338 e. The second-order valence-corrected chi connectivity index (χ2v) is 9.57. The lowest BCUT2D eigenvalue weighted by Crippen LogP contribution is -2.31. The molecule has 0 atom stereocenters. The Morgan fingerprint density at radius 3 is 2.16 bits per heavy atom. The molecule has 32 heavy (non-hydrogen) atoms. The number of hydrogen-bond donors (Lipinski definition) is 2. The van der Waals surface area contributed by atoms with Crippen LogP contribution in [0.15, 0.2) is 74.9 Å². The highest BCUT2D eigenvalue weighted by atomic mass is 32.2. The molecule has 0 fully saturated rings. The first-order valence-electron chi connectivity index (χ1n) is 9.09. The van der Waals surface area contributed by atoms with E-state index in [1.807, 2.05) is 0 Å². The van der Waals surface area contributed by atoms with Crippen molar-refractivity contribution in [3.8, 4) is 11.3 Å². The maximum absolute atomic E-state index is 12.6. The predicted molar refractivity (Wildman–Crippen MR) is 113 cm³/mol. The highest BCUT2D eigenvalue weighted by Crippen LogP contribution is 2.24. The van der Waals surface area contributed by atoms with Crippen LogP contribution in [0.25, 0.3) is 11.3 Å². The van der Waals surface area contributed by atoms with Gasteiger partial charge in [0.25, 0.3) is 10.0 Å². The molecule has 0 aliphatic rings. The average molecular weight is 479 g/mol. The second-order valence-electron chi connectivity index (χ2n) is 6.39. The SMILES string of the molecule is CCOC(=O)c1ccc(-c2ccc(C(=O)NS(=O)(=O)c3ccccc3S(N)(=O)=O)o2)cc1. The molecular formula is C20H18N2O8S2. The summed E-state index contributed by atoms with van der Waals surface area (Å²) in [7, 11) is -8.92. The summed E-state index contributed by atoms with van der Waals surface area (Å²) in [5.41, 5.74) is 0.860. The van der Waals surface area contributed by atoms with Crippen molar-refractivity contribution < 1.29 is 35.6 Å². The molecular weight excluding hydrogens is 460 g/mol. The van der Waals surface area contributed by atoms with Crippen molar-refractivity contribution in [2.75, 3.05) is 6.61 Å². The third kappa shape index (κ3) is 5.04. The Labute approximate surface area is 184 Å². The summed E-state index contributed by atoms with van der Waals surface area (Å²) < 4.78 is 60.6. The molecule has 0 saturated carbocycles. The molecule has 12 heteroatoms. The van der Waals surface area contributed by atoms with Crippen molar-refractivity contribution in [1.82, 2.24) is 4.72 Å². The summed E-state index contributed by atoms with van der Waals surface area (Å²) in [5, 5.41) is 5.06. The molecule has 0 radical (unpaired) electrons. The monoisotopic (exact) mass is 478 g/mol. The Morgan fingerprint density at radius 2 is 1.56 bits per heavy atom. The number of benzene rings is 2. The van der Waals surface area contributed by atoms with Crippen LogP contribution >= 0.6 is 0 Å². The Bertz CT molecular complexity index is 1370. The fourth-order valence-electron chi connectivity index (χ4n) is 2.73. The molecule has 168 valence electrons. The number of amides is 1. The van der Waals surface area contributed by atoms with Gasteiger partial charge in [-0.15, -0.1) is 0 Å². The molecule has 0 spiro atoms. The number of sulfonamides is 2. The van der Waals surface area contributed by atoms with E-state index in [0.29, 0.717) is 11.1 Å². The van der Waals surface area contributed by atoms with E-state index in [1.54, 1.807) is 23.8 Å². The number of rotatable bonds is 7. The first kappa shape index (κ1) is 23.2. The van der Waals surface area contributed by atoms with E-state index in [-0.39, 0.29) is 18.1 Å². The molecule has 1 heterocycles. The number of nitrogens with one attached hydrogen (secondary N) is 1. The number of carbonyl (C=O) groups excluding carboxylic acids is 2. The van der Waals surface area contributed by atoms with Crippen LogP contribution in [0.3, 0.4) is 0 Å². The molecule has 0 unspecified atom stereocenters. The van der Waals surface area contributed by atoms with Crippen LogP contribution in [0.5, 0.6) is 0 Å². The molecule has 0 aliphatic carbocycles. The zero-order chi connectivity index (χ0) is 23.5. The minimum Gasteiger partial charge on any atom is -0.462 e. The van der Waals surface area contributed by atoms with Gasteiger partial charge in [0.15, 0.2) is 5.76 Å². The molecule has 1 amide bonds. The molecule has 0 saturated heterocycles. The number of nitrogens with two attached hydrogens (primary N) is 1. The fourth-order valence-corrected chi connectivity index (χ4v) is 5.07. The fraction of sp³-hybridized carbons (Fsp3) is 0.100. The third-order valence-corrected chi connectivity index (χ3v) is 6.67. The van der Waals surface area contributed by atoms with E-state index in [4.69, 9.17) is 14.3 Å². The van der Waals surface area contributed by atoms with Crippen molar-refractivity contribution in [2.24, 2.45) is 5.14 Å². The van der Waals surface area contributed by atoms with Gasteiger partial charge in [-0.1, -0.05) is 24.3 Å². The highest BCUT2D eigenvalue weighted by molar-refractivity contribution is 7.92. The van der Waals surface area contributed by atoms with Crippen LogP contribution in [0, 0.1) is 0 Å². The predicted octanol–water partition coefficient (Wildman–Crippen LogP) is 1.89. The van der Waals surface area contributed by atoms with Crippen molar-refractivity contribution in [2.45, 2.75) is 16.7 Å². The van der Waals surface area contributed by atoms with E-state index in [2.05, 4.69) is 0 Å². The molecule has 10 nitrogen and oxygen atoms in total. The number of esters is 1. The van der Waals surface area contributed by atoms with Gasteiger partial charge in [0.1, 0.15) is 15.6 Å². The molecule has 3 N–H and O–H groups in total. The molecule has 0 bridgehead atoms. The largest absolute Gasteiger partial charge is 0.462 e. The number of ether oxygens (including phenoxy) is 1. The van der Waals surface area contributed by atoms with Gasteiger partial charge in [0, 0.05) is 5.56 Å². The minimum atomic E-state index is -4.57. The second kappa shape index (κ2) is 8.94. The van der Waals surface area contributed by atoms with Gasteiger partial charge in [-0.25, -0.2) is 31.5 Å². The lowest BCUT2D eigenvalue weighted by molar-refractivity contribution is 0.0526. The van der Waals surface area contributed by atoms with Crippen molar-refractivity contribution in [3.05, 3.63) is 72.0 Å². The Balaban J connectivity index is 1.82. The summed E-state index contributed by atoms with van der Waals surface area (Å²) in [4.78, 5) is 22.8. The van der Waals surface area contributed by atoms with Crippen LogP contribution in [0.4, 0.5) is 0 Å². The van der Waals surface area contributed by atoms with Gasteiger partial charge in [0.05, 0.1) is 12.2 Å². The first-order chi connectivity index (χ1) is 15.0. The maximum atomic E-state index is 12.6. The van der Waals surface area contributed by atoms with Crippen LogP contribution in [-0.2, 0) is 24.8 Å². The van der Waals surface area contributed by atoms with Crippen molar-refractivity contribution in [3.63, 3.8) is 0 Å². The minimum absolute atomic E-state index is 0.238. The summed E-state index contributed by atoms with van der Waals surface area (Å²) in [5.74, 6) is -1.67. The van der Waals surface area contributed by atoms with Gasteiger partial charge in [-0.2, -0.15) is 0 Å². The molecule has 2 aromatic carbocycles. The molecule has 3 aromatic rings. The van der Waals surface area contributed by atoms with Gasteiger partial charge in [-0.3, -0.25) is 4.79 Å². The average Bonchev–Trinajstić information content (AvgIpc) is 3.24. The summed E-state index contributed by atoms with van der Waals surface area (Å²) in [6.45, 7) is 1.93. The third-order valence-electron chi connectivity index (χ3n) is 4.18. The Morgan fingerprint density at radius 1 is 0.938 bits per heavy atom. The van der Waals surface area contributed by atoms with Gasteiger partial charge >= 0.3 is 11.9 Å². The van der Waals surface area contributed by atoms with E-state index >= 15 is 0 Å².